The highest BCUT2D eigenvalue weighted by atomic mass is 16.3. The predicted molar refractivity (Wildman–Crippen MR) is 95.4 cm³/mol. The highest BCUT2D eigenvalue weighted by Gasteiger charge is 2.04. The maximum absolute atomic E-state index is 9.13. The molecule has 0 aromatic rings. The Labute approximate surface area is 129 Å². The molecule has 1 rings (SSSR count). The number of aliphatic hydroxyl groups excluding tert-OH is 1. The van der Waals surface area contributed by atoms with Gasteiger partial charge in [0.05, 0.1) is 5.76 Å². The van der Waals surface area contributed by atoms with Crippen LogP contribution in [0.3, 0.4) is 0 Å². The summed E-state index contributed by atoms with van der Waals surface area (Å²) in [5.74, 6) is 1.49. The summed E-state index contributed by atoms with van der Waals surface area (Å²) in [5, 5.41) is 9.13. The Bertz CT molecular complexity index is 244. The molecule has 0 aromatic carbocycles. The third kappa shape index (κ3) is 17.3. The highest BCUT2D eigenvalue weighted by molar-refractivity contribution is 5.27. The minimum atomic E-state index is 0.556. The lowest BCUT2D eigenvalue weighted by molar-refractivity contribution is 0.380. The third-order valence-electron chi connectivity index (χ3n) is 3.07. The van der Waals surface area contributed by atoms with Crippen LogP contribution < -0.4 is 0 Å². The minimum absolute atomic E-state index is 0.556. The Kier molecular flexibility index (Phi) is 22.2. The van der Waals surface area contributed by atoms with Crippen LogP contribution >= 0.6 is 0 Å². The van der Waals surface area contributed by atoms with Gasteiger partial charge in [-0.3, -0.25) is 0 Å². The fourth-order valence-electron chi connectivity index (χ4n) is 1.33. The van der Waals surface area contributed by atoms with Crippen molar-refractivity contribution in [1.82, 2.24) is 0 Å². The molecule has 0 saturated heterocycles. The van der Waals surface area contributed by atoms with Gasteiger partial charge in [0.1, 0.15) is 0 Å². The van der Waals surface area contributed by atoms with Crippen LogP contribution in [-0.2, 0) is 0 Å². The largest absolute Gasteiger partial charge is 0.512 e. The molecule has 0 spiro atoms. The molecule has 0 atom stereocenters. The zero-order valence-corrected chi connectivity index (χ0v) is 15.6. The molecule has 1 N–H and O–H groups in total. The van der Waals surface area contributed by atoms with Crippen molar-refractivity contribution in [3.8, 4) is 0 Å². The van der Waals surface area contributed by atoms with Crippen molar-refractivity contribution < 1.29 is 5.11 Å². The number of hydrogen-bond acceptors (Lipinski definition) is 1. The maximum atomic E-state index is 9.13. The third-order valence-corrected chi connectivity index (χ3v) is 3.07. The molecule has 1 heteroatoms. The van der Waals surface area contributed by atoms with Gasteiger partial charge in [-0.05, 0) is 31.8 Å². The molecular weight excluding hydrogens is 244 g/mol. The van der Waals surface area contributed by atoms with Gasteiger partial charge < -0.3 is 5.11 Å². The molecule has 0 bridgehead atoms. The van der Waals surface area contributed by atoms with Crippen LogP contribution in [0.1, 0.15) is 94.4 Å². The van der Waals surface area contributed by atoms with Crippen LogP contribution in [0.15, 0.2) is 23.0 Å². The second kappa shape index (κ2) is 18.3. The number of aliphatic hydroxyl groups is 1. The van der Waals surface area contributed by atoms with Crippen molar-refractivity contribution in [2.45, 2.75) is 94.4 Å². The lowest BCUT2D eigenvalue weighted by Gasteiger charge is -2.09. The average Bonchev–Trinajstić information content (AvgIpc) is 2.46. The van der Waals surface area contributed by atoms with E-state index in [1.807, 2.05) is 26.8 Å². The zero-order chi connectivity index (χ0) is 16.6. The van der Waals surface area contributed by atoms with E-state index in [2.05, 4.69) is 41.5 Å². The molecule has 20 heavy (non-hydrogen) atoms. The summed E-state index contributed by atoms with van der Waals surface area (Å²) < 4.78 is 0. The molecule has 0 aliphatic heterocycles. The predicted octanol–water partition coefficient (Wildman–Crippen LogP) is 7.44. The van der Waals surface area contributed by atoms with Gasteiger partial charge in [0.2, 0.25) is 0 Å². The average molecular weight is 285 g/mol. The topological polar surface area (TPSA) is 20.2 Å². The monoisotopic (exact) mass is 284 g/mol. The zero-order valence-electron chi connectivity index (χ0n) is 15.6. The fraction of sp³-hybridized carbons (Fsp3) is 0.789. The van der Waals surface area contributed by atoms with Gasteiger partial charge in [-0.25, -0.2) is 0 Å². The summed E-state index contributed by atoms with van der Waals surface area (Å²) in [4.78, 5) is 0. The molecule has 0 heterocycles. The summed E-state index contributed by atoms with van der Waals surface area (Å²) in [6, 6.07) is 0. The number of allylic oxidation sites excluding steroid dienone is 4. The van der Waals surface area contributed by atoms with Gasteiger partial charge in [0, 0.05) is 6.42 Å². The normalized spacial score (nSPS) is 13.2. The lowest BCUT2D eigenvalue weighted by atomic mass is 10.0. The molecule has 0 unspecified atom stereocenters. The van der Waals surface area contributed by atoms with E-state index >= 15 is 0 Å². The highest BCUT2D eigenvalue weighted by Crippen LogP contribution is 2.20. The smallest absolute Gasteiger partial charge is 0.0954 e. The Hall–Kier alpha value is -0.720. The Morgan fingerprint density at radius 2 is 1.40 bits per heavy atom. The summed E-state index contributed by atoms with van der Waals surface area (Å²) in [5.41, 5.74) is 2.39. The van der Waals surface area contributed by atoms with Crippen LogP contribution in [-0.4, -0.2) is 5.11 Å². The van der Waals surface area contributed by atoms with Crippen molar-refractivity contribution >= 4 is 0 Å². The van der Waals surface area contributed by atoms with E-state index in [1.165, 1.54) is 24.8 Å². The lowest BCUT2D eigenvalue weighted by Crippen LogP contribution is -1.93. The van der Waals surface area contributed by atoms with Crippen molar-refractivity contribution in [3.63, 3.8) is 0 Å². The first kappa shape index (κ1) is 24.3. The fourth-order valence-corrected chi connectivity index (χ4v) is 1.33. The van der Waals surface area contributed by atoms with E-state index < -0.39 is 0 Å². The summed E-state index contributed by atoms with van der Waals surface area (Å²) in [7, 11) is 0. The molecule has 0 amide bonds. The van der Waals surface area contributed by atoms with E-state index in [0.29, 0.717) is 5.76 Å². The van der Waals surface area contributed by atoms with Gasteiger partial charge in [-0.15, -0.1) is 0 Å². The molecule has 1 nitrogen and oxygen atoms in total. The van der Waals surface area contributed by atoms with Crippen LogP contribution in [0.5, 0.6) is 0 Å². The van der Waals surface area contributed by atoms with Crippen molar-refractivity contribution in [2.75, 3.05) is 0 Å². The number of hydrogen-bond donors (Lipinski definition) is 1. The molecule has 0 saturated carbocycles. The molecule has 0 radical (unpaired) electrons. The van der Waals surface area contributed by atoms with E-state index in [-0.39, 0.29) is 0 Å². The Morgan fingerprint density at radius 1 is 1.00 bits per heavy atom. The molecule has 1 aliphatic carbocycles. The van der Waals surface area contributed by atoms with E-state index in [9.17, 15) is 0 Å². The summed E-state index contributed by atoms with van der Waals surface area (Å²) in [6.45, 7) is 19.0. The standard InChI is InChI=1S/C8H12O.C6H14.C3H8.C2H6/c1-6-3-4-8(9)7(2)5-6;1-4-6(3)5-2;1-3-2;1-2/h5,9H,3-4H2,1-2H3;6H,4-5H2,1-3H3;3H2,1-2H3;1-2H3. The Morgan fingerprint density at radius 3 is 1.60 bits per heavy atom. The second-order valence-corrected chi connectivity index (χ2v) is 5.25. The van der Waals surface area contributed by atoms with Crippen molar-refractivity contribution in [2.24, 2.45) is 5.92 Å². The van der Waals surface area contributed by atoms with Gasteiger partial charge in [-0.1, -0.05) is 79.4 Å². The van der Waals surface area contributed by atoms with Crippen molar-refractivity contribution in [3.05, 3.63) is 23.0 Å². The molecule has 0 fully saturated rings. The van der Waals surface area contributed by atoms with Gasteiger partial charge >= 0.3 is 0 Å². The van der Waals surface area contributed by atoms with E-state index in [4.69, 9.17) is 5.11 Å². The van der Waals surface area contributed by atoms with Crippen LogP contribution in [0, 0.1) is 5.92 Å². The minimum Gasteiger partial charge on any atom is -0.512 e. The van der Waals surface area contributed by atoms with Crippen LogP contribution in [0.4, 0.5) is 0 Å². The van der Waals surface area contributed by atoms with E-state index in [0.717, 1.165) is 24.3 Å². The molecule has 1 aliphatic rings. The first-order valence-electron chi connectivity index (χ1n) is 8.48. The molecular formula is C19H40O. The summed E-state index contributed by atoms with van der Waals surface area (Å²) >= 11 is 0. The van der Waals surface area contributed by atoms with Crippen LogP contribution in [0.25, 0.3) is 0 Å². The molecule has 122 valence electrons. The quantitative estimate of drug-likeness (QED) is 0.558. The first-order valence-corrected chi connectivity index (χ1v) is 8.48. The SMILES string of the molecule is CC.CC1=CC(C)=C(O)CC1.CCC.CCC(C)CC. The van der Waals surface area contributed by atoms with Gasteiger partial charge in [0.25, 0.3) is 0 Å². The number of rotatable bonds is 2. The maximum Gasteiger partial charge on any atom is 0.0954 e. The first-order chi connectivity index (χ1) is 9.42. The molecule has 0 aromatic heterocycles. The van der Waals surface area contributed by atoms with Gasteiger partial charge in [0.15, 0.2) is 0 Å². The van der Waals surface area contributed by atoms with Crippen LogP contribution in [0.2, 0.25) is 0 Å². The van der Waals surface area contributed by atoms with E-state index in [1.54, 1.807) is 0 Å². The Balaban J connectivity index is -0.000000229. The second-order valence-electron chi connectivity index (χ2n) is 5.25. The summed E-state index contributed by atoms with van der Waals surface area (Å²) in [6.07, 6.45) is 7.79. The van der Waals surface area contributed by atoms with Gasteiger partial charge in [-0.2, -0.15) is 0 Å². The van der Waals surface area contributed by atoms with Crippen molar-refractivity contribution in [1.29, 1.82) is 0 Å².